The van der Waals surface area contributed by atoms with Gasteiger partial charge < -0.3 is 0 Å². The van der Waals surface area contributed by atoms with Gasteiger partial charge in [-0.05, 0) is 247 Å². The van der Waals surface area contributed by atoms with Gasteiger partial charge >= 0.3 is 0 Å². The quantitative estimate of drug-likeness (QED) is 0.0831. The van der Waals surface area contributed by atoms with Crippen molar-refractivity contribution in [1.82, 2.24) is 39.9 Å². The zero-order valence-electron chi connectivity index (χ0n) is 80.7. The van der Waals surface area contributed by atoms with Crippen LogP contribution in [0, 0.1) is 0 Å². The van der Waals surface area contributed by atoms with Gasteiger partial charge in [-0.25, -0.2) is 19.9 Å². The summed E-state index contributed by atoms with van der Waals surface area (Å²) in [5, 5.41) is 14.5. The van der Waals surface area contributed by atoms with E-state index < -0.39 is 0 Å². The van der Waals surface area contributed by atoms with E-state index in [0.717, 1.165) is 190 Å². The van der Waals surface area contributed by atoms with Gasteiger partial charge in [0, 0.05) is 96.8 Å². The summed E-state index contributed by atoms with van der Waals surface area (Å²) in [6.07, 6.45) is 7.49. The van der Waals surface area contributed by atoms with E-state index in [9.17, 15) is 0 Å². The van der Waals surface area contributed by atoms with Crippen molar-refractivity contribution in [3.63, 3.8) is 0 Å². The van der Waals surface area contributed by atoms with E-state index in [1.165, 1.54) is 70.6 Å². The molecule has 20 aromatic carbocycles. The van der Waals surface area contributed by atoms with E-state index in [1.807, 2.05) is 85.5 Å². The van der Waals surface area contributed by atoms with Gasteiger partial charge in [0.05, 0.1) is 56.6 Å². The molecule has 0 bridgehead atoms. The molecule has 27 aromatic rings. The lowest BCUT2D eigenvalue weighted by Gasteiger charge is -2.16. The maximum absolute atomic E-state index is 5.32. The van der Waals surface area contributed by atoms with E-state index in [2.05, 4.69) is 488 Å². The first-order valence-electron chi connectivity index (χ1n) is 50.0. The highest BCUT2D eigenvalue weighted by molar-refractivity contribution is 6.15. The molecule has 148 heavy (non-hydrogen) atoms. The van der Waals surface area contributed by atoms with Gasteiger partial charge in [0.2, 0.25) is 0 Å². The van der Waals surface area contributed by atoms with E-state index in [4.69, 9.17) is 24.9 Å². The molecule has 7 aromatic heterocycles. The van der Waals surface area contributed by atoms with Crippen LogP contribution in [0.2, 0.25) is 0 Å². The van der Waals surface area contributed by atoms with E-state index >= 15 is 0 Å². The zero-order chi connectivity index (χ0) is 98.4. The highest BCUT2D eigenvalue weighted by Crippen LogP contribution is 2.46. The van der Waals surface area contributed by atoms with Crippen LogP contribution >= 0.6 is 0 Å². The first kappa shape index (κ1) is 89.5. The van der Waals surface area contributed by atoms with Gasteiger partial charge in [0.15, 0.2) is 5.82 Å². The molecule has 0 fully saturated rings. The number of aromatic nitrogens is 8. The molecule has 0 aliphatic rings. The Labute approximate surface area is 858 Å². The largest absolute Gasteiger partial charge is 0.256 e. The Balaban J connectivity index is 0.000000116. The minimum atomic E-state index is 0.656. The molecule has 0 unspecified atom stereocenters. The molecule has 692 valence electrons. The fraction of sp³-hybridized carbons (Fsp3) is 0. The second kappa shape index (κ2) is 40.3. The van der Waals surface area contributed by atoms with Crippen LogP contribution in [-0.2, 0) is 0 Å². The molecule has 0 N–H and O–H groups in total. The molecule has 7 heterocycles. The van der Waals surface area contributed by atoms with Crippen molar-refractivity contribution in [1.29, 1.82) is 0 Å². The van der Waals surface area contributed by atoms with Gasteiger partial charge in [0.25, 0.3) is 0 Å². The Morgan fingerprint density at radius 3 is 1.09 bits per heavy atom. The van der Waals surface area contributed by atoms with Crippen molar-refractivity contribution >= 4 is 75.7 Å². The predicted molar refractivity (Wildman–Crippen MR) is 617 cm³/mol. The number of para-hydroxylation sites is 1. The van der Waals surface area contributed by atoms with Crippen LogP contribution < -0.4 is 0 Å². The summed E-state index contributed by atoms with van der Waals surface area (Å²) in [6, 6.07) is 188. The van der Waals surface area contributed by atoms with E-state index in [1.54, 1.807) is 0 Å². The summed E-state index contributed by atoms with van der Waals surface area (Å²) in [4.78, 5) is 39.8. The Bertz CT molecular complexity index is 9320. The Morgan fingerprint density at radius 2 is 0.507 bits per heavy atom. The topological polar surface area (TPSA) is 103 Å². The molecule has 8 nitrogen and oxygen atoms in total. The molecular weight excluding hydrogens is 1790 g/mol. The molecule has 0 spiro atoms. The number of rotatable bonds is 17. The maximum atomic E-state index is 5.32. The monoisotopic (exact) mass is 1880 g/mol. The van der Waals surface area contributed by atoms with Gasteiger partial charge in [-0.3, -0.25) is 19.9 Å². The minimum Gasteiger partial charge on any atom is -0.256 e. The van der Waals surface area contributed by atoms with Crippen LogP contribution in [0.3, 0.4) is 0 Å². The highest BCUT2D eigenvalue weighted by atomic mass is 14.9. The summed E-state index contributed by atoms with van der Waals surface area (Å²) >= 11 is 0. The molecule has 0 saturated heterocycles. The Morgan fingerprint density at radius 1 is 0.122 bits per heavy atom. The lowest BCUT2D eigenvalue weighted by atomic mass is 9.89. The molecule has 0 aliphatic heterocycles. The summed E-state index contributed by atoms with van der Waals surface area (Å²) in [6.45, 7) is 0. The number of benzene rings is 20. The van der Waals surface area contributed by atoms with Gasteiger partial charge in [-0.1, -0.05) is 419 Å². The Hall–Kier alpha value is -19.8. The molecule has 0 aliphatic carbocycles. The van der Waals surface area contributed by atoms with Crippen LogP contribution in [0.25, 0.3) is 266 Å². The lowest BCUT2D eigenvalue weighted by Crippen LogP contribution is -1.97. The standard InChI is InChI=1S/C52H34N4.C48H32N2.C40H26N2/c1-3-15-44-35(11-1)13-9-17-46(44)41-31-42(47-18-10-14-36-12-2-4-16-45(36)47)33-43(32-41)52-55-50(39-25-21-37(22-26-39)48-19-5-7-29-53-48)34-51(56-52)40-27-23-38(24-28-40)49-20-6-8-30-54-49;1-4-14-33(15-5-1)37-24-25-46(49-32-37)41-27-38(26-40(28-41)45-29-36-20-10-11-21-42(36)43-22-12-13-23-44(43)45)39-30-47(34-16-6-2-7-17-34)50-48(31-39)35-18-8-3-9-19-35;1-2-8-27(9-3-1)33-21-22-36-37(26-38(42-39(36)25-33)34-20-15-28-10-4-5-11-32(28)24-34)30-18-16-29(17-19-30)35-14-6-12-31-13-7-23-41-40(31)35/h1-34H;1-32H;1-26H. The van der Waals surface area contributed by atoms with Crippen molar-refractivity contribution in [2.75, 3.05) is 0 Å². The van der Waals surface area contributed by atoms with Gasteiger partial charge in [-0.2, -0.15) is 0 Å². The normalized spacial score (nSPS) is 11.2. The van der Waals surface area contributed by atoms with Crippen molar-refractivity contribution < 1.29 is 0 Å². The average molecular weight is 1890 g/mol. The fourth-order valence-electron chi connectivity index (χ4n) is 20.5. The molecule has 27 rings (SSSR count). The summed E-state index contributed by atoms with van der Waals surface area (Å²) < 4.78 is 0. The highest BCUT2D eigenvalue weighted by Gasteiger charge is 2.22. The maximum Gasteiger partial charge on any atom is 0.160 e. The van der Waals surface area contributed by atoms with Crippen molar-refractivity contribution in [2.24, 2.45) is 0 Å². The summed E-state index contributed by atoms with van der Waals surface area (Å²) in [7, 11) is 0. The third kappa shape index (κ3) is 18.6. The van der Waals surface area contributed by atoms with Crippen LogP contribution in [0.5, 0.6) is 0 Å². The third-order valence-electron chi connectivity index (χ3n) is 28.0. The fourth-order valence-corrected chi connectivity index (χ4v) is 20.5. The molecule has 0 radical (unpaired) electrons. The summed E-state index contributed by atoms with van der Waals surface area (Å²) in [5.41, 5.74) is 37.1. The summed E-state index contributed by atoms with van der Waals surface area (Å²) in [5.74, 6) is 0.656. The number of pyridine rings is 6. The third-order valence-corrected chi connectivity index (χ3v) is 28.0. The molecule has 8 heteroatoms. The first-order chi connectivity index (χ1) is 73.3. The Kier molecular flexibility index (Phi) is 24.4. The molecule has 0 saturated carbocycles. The molecule has 0 atom stereocenters. The van der Waals surface area contributed by atoms with E-state index in [0.29, 0.717) is 5.82 Å². The predicted octanol–water partition coefficient (Wildman–Crippen LogP) is 36.6. The van der Waals surface area contributed by atoms with Crippen LogP contribution in [0.4, 0.5) is 0 Å². The van der Waals surface area contributed by atoms with Crippen LogP contribution in [0.15, 0.2) is 559 Å². The lowest BCUT2D eigenvalue weighted by molar-refractivity contribution is 1.18. The van der Waals surface area contributed by atoms with E-state index in [-0.39, 0.29) is 0 Å². The first-order valence-corrected chi connectivity index (χ1v) is 50.0. The van der Waals surface area contributed by atoms with Crippen LogP contribution in [-0.4, -0.2) is 39.9 Å². The van der Waals surface area contributed by atoms with Gasteiger partial charge in [-0.15, -0.1) is 0 Å². The number of fused-ring (bicyclic) bond motifs is 8. The second-order valence-electron chi connectivity index (χ2n) is 37.2. The smallest absolute Gasteiger partial charge is 0.160 e. The van der Waals surface area contributed by atoms with Crippen molar-refractivity contribution in [3.8, 4) is 190 Å². The molecule has 0 amide bonds. The minimum absolute atomic E-state index is 0.656. The van der Waals surface area contributed by atoms with Crippen molar-refractivity contribution in [3.05, 3.63) is 559 Å². The zero-order valence-corrected chi connectivity index (χ0v) is 80.7. The molecular formula is C140H92N8. The SMILES string of the molecule is c1ccc(-c2ccc(-c3cc(-c4cc(-c5ccccc5)nc(-c5ccccc5)c4)cc(-c4cc5ccccc5c5ccccc45)c3)nc2)cc1.c1ccc(-c2ccc(-c3cc(-c4ccc(-c5ccccn5)cc4)nc(-c4cc(-c5cccc6ccccc56)cc(-c5cccc6ccccc56)c4)n3)cc2)nc1.c1ccc(-c2ccc3c(-c4ccc(-c5cccc6cccnc56)cc4)cc(-c4ccc5ccccc5c4)nc3c2)cc1. The average Bonchev–Trinajstić information content (AvgIpc) is 0.756. The van der Waals surface area contributed by atoms with Gasteiger partial charge in [0.1, 0.15) is 0 Å². The van der Waals surface area contributed by atoms with Crippen LogP contribution in [0.1, 0.15) is 0 Å². The van der Waals surface area contributed by atoms with Crippen molar-refractivity contribution in [2.45, 2.75) is 0 Å². The number of hydrogen-bond acceptors (Lipinski definition) is 8. The number of hydrogen-bond donors (Lipinski definition) is 0. The second-order valence-corrected chi connectivity index (χ2v) is 37.2. The number of nitrogens with zero attached hydrogens (tertiary/aromatic N) is 8.